The molecule has 0 fully saturated rings. The van der Waals surface area contributed by atoms with Gasteiger partial charge in [0.15, 0.2) is 0 Å². The smallest absolute Gasteiger partial charge is 0.290 e. The van der Waals surface area contributed by atoms with Crippen LogP contribution in [0, 0.1) is 0 Å². The second kappa shape index (κ2) is 6.77. The van der Waals surface area contributed by atoms with Crippen LogP contribution in [0.4, 0.5) is 0 Å². The zero-order valence-electron chi connectivity index (χ0n) is 5.97. The van der Waals surface area contributed by atoms with E-state index in [2.05, 4.69) is 0 Å². The first kappa shape index (κ1) is 9.65. The molecule has 0 saturated heterocycles. The predicted molar refractivity (Wildman–Crippen MR) is 41.1 cm³/mol. The molecule has 0 amide bonds. The fourth-order valence-corrected chi connectivity index (χ4v) is 0.583. The lowest BCUT2D eigenvalue weighted by molar-refractivity contribution is -0.122. The molecule has 60 valence electrons. The third kappa shape index (κ3) is 5.11. The van der Waals surface area contributed by atoms with Crippen LogP contribution in [0.25, 0.3) is 0 Å². The lowest BCUT2D eigenvalue weighted by atomic mass is 10.2. The quantitative estimate of drug-likeness (QED) is 0.590. The summed E-state index contributed by atoms with van der Waals surface area (Å²) in [6.07, 6.45) is 0. The molecule has 1 aromatic rings. The standard InChI is InChI=1S/C7H8O.CH2O2/c8-6-7-4-2-1-3-5-7;2-1-3/h1-5,8H,6H2;1H,(H,2,3). The van der Waals surface area contributed by atoms with Crippen LogP contribution in [0.5, 0.6) is 0 Å². The first-order chi connectivity index (χ1) is 5.35. The molecule has 1 aromatic carbocycles. The van der Waals surface area contributed by atoms with Crippen molar-refractivity contribution < 1.29 is 15.0 Å². The Morgan fingerprint density at radius 2 is 1.73 bits per heavy atom. The van der Waals surface area contributed by atoms with E-state index in [-0.39, 0.29) is 13.1 Å². The third-order valence-electron chi connectivity index (χ3n) is 1.03. The van der Waals surface area contributed by atoms with Gasteiger partial charge in [-0.15, -0.1) is 0 Å². The highest BCUT2D eigenvalue weighted by molar-refractivity contribution is 5.32. The molecule has 3 nitrogen and oxygen atoms in total. The number of carbonyl (C=O) groups is 1. The molecule has 1 rings (SSSR count). The Labute approximate surface area is 64.9 Å². The lowest BCUT2D eigenvalue weighted by Gasteiger charge is -1.89. The first-order valence-corrected chi connectivity index (χ1v) is 3.07. The largest absolute Gasteiger partial charge is 0.483 e. The van der Waals surface area contributed by atoms with Crippen molar-refractivity contribution in [2.45, 2.75) is 6.61 Å². The van der Waals surface area contributed by atoms with Crippen LogP contribution in [0.2, 0.25) is 0 Å². The highest BCUT2D eigenvalue weighted by Gasteiger charge is 1.81. The Kier molecular flexibility index (Phi) is 5.94. The number of hydrogen-bond donors (Lipinski definition) is 2. The van der Waals surface area contributed by atoms with Gasteiger partial charge in [0.2, 0.25) is 0 Å². The molecule has 3 heteroatoms. The zero-order chi connectivity index (χ0) is 8.53. The molecule has 0 heterocycles. The molecule has 0 atom stereocenters. The van der Waals surface area contributed by atoms with Crippen LogP contribution in [0.3, 0.4) is 0 Å². The topological polar surface area (TPSA) is 57.5 Å². The maximum atomic E-state index is 8.54. The highest BCUT2D eigenvalue weighted by Crippen LogP contribution is 1.95. The first-order valence-electron chi connectivity index (χ1n) is 3.07. The number of carboxylic acid groups (broad SMARTS) is 1. The van der Waals surface area contributed by atoms with Crippen LogP contribution < -0.4 is 0 Å². The molecule has 0 radical (unpaired) electrons. The van der Waals surface area contributed by atoms with Crippen molar-refractivity contribution in [3.63, 3.8) is 0 Å². The molecule has 0 spiro atoms. The lowest BCUT2D eigenvalue weighted by Crippen LogP contribution is -1.77. The van der Waals surface area contributed by atoms with Gasteiger partial charge in [0.05, 0.1) is 6.61 Å². The third-order valence-corrected chi connectivity index (χ3v) is 1.03. The second-order valence-electron chi connectivity index (χ2n) is 1.75. The van der Waals surface area contributed by atoms with E-state index in [1.165, 1.54) is 0 Å². The number of aliphatic hydroxyl groups excluding tert-OH is 1. The van der Waals surface area contributed by atoms with Crippen LogP contribution in [-0.4, -0.2) is 16.7 Å². The summed E-state index contributed by atoms with van der Waals surface area (Å²) in [7, 11) is 0. The van der Waals surface area contributed by atoms with Crippen molar-refractivity contribution in [3.05, 3.63) is 35.9 Å². The van der Waals surface area contributed by atoms with E-state index in [0.717, 1.165) is 5.56 Å². The molecule has 0 aliphatic carbocycles. The molecule has 11 heavy (non-hydrogen) atoms. The molecule has 0 bridgehead atoms. The molecule has 0 unspecified atom stereocenters. The van der Waals surface area contributed by atoms with Crippen molar-refractivity contribution in [1.82, 2.24) is 0 Å². The van der Waals surface area contributed by atoms with E-state index in [1.807, 2.05) is 30.3 Å². The average Bonchev–Trinajstić information content (AvgIpc) is 2.08. The summed E-state index contributed by atoms with van der Waals surface area (Å²) < 4.78 is 0. The summed E-state index contributed by atoms with van der Waals surface area (Å²) in [6.45, 7) is -0.110. The summed E-state index contributed by atoms with van der Waals surface area (Å²) >= 11 is 0. The van der Waals surface area contributed by atoms with Crippen molar-refractivity contribution in [3.8, 4) is 0 Å². The van der Waals surface area contributed by atoms with Gasteiger partial charge < -0.3 is 10.2 Å². The van der Waals surface area contributed by atoms with Gasteiger partial charge in [-0.3, -0.25) is 4.79 Å². The molecule has 0 saturated carbocycles. The van der Waals surface area contributed by atoms with Gasteiger partial charge in [0.1, 0.15) is 0 Å². The molecular formula is C8H10O3. The van der Waals surface area contributed by atoms with Crippen LogP contribution in [0.1, 0.15) is 5.56 Å². The summed E-state index contributed by atoms with van der Waals surface area (Å²) in [4.78, 5) is 8.36. The predicted octanol–water partition coefficient (Wildman–Crippen LogP) is 0.880. The van der Waals surface area contributed by atoms with Gasteiger partial charge in [-0.1, -0.05) is 30.3 Å². The number of aliphatic hydroxyl groups is 1. The van der Waals surface area contributed by atoms with Gasteiger partial charge in [-0.25, -0.2) is 0 Å². The monoisotopic (exact) mass is 154 g/mol. The van der Waals surface area contributed by atoms with Crippen molar-refractivity contribution in [1.29, 1.82) is 0 Å². The molecule has 2 N–H and O–H groups in total. The Balaban J connectivity index is 0.000000292. The normalized spacial score (nSPS) is 7.73. The van der Waals surface area contributed by atoms with E-state index in [0.29, 0.717) is 0 Å². The Bertz CT molecular complexity index is 184. The Morgan fingerprint density at radius 3 is 2.00 bits per heavy atom. The highest BCUT2D eigenvalue weighted by atomic mass is 16.3. The number of rotatable bonds is 1. The van der Waals surface area contributed by atoms with Crippen molar-refractivity contribution in [2.75, 3.05) is 0 Å². The summed E-state index contributed by atoms with van der Waals surface area (Å²) in [5.41, 5.74) is 0.965. The molecule has 0 aromatic heterocycles. The molecule has 0 aliphatic rings. The van der Waals surface area contributed by atoms with E-state index in [1.54, 1.807) is 0 Å². The Morgan fingerprint density at radius 1 is 1.27 bits per heavy atom. The van der Waals surface area contributed by atoms with E-state index in [4.69, 9.17) is 15.0 Å². The summed E-state index contributed by atoms with van der Waals surface area (Å²) in [6, 6.07) is 9.52. The van der Waals surface area contributed by atoms with Crippen LogP contribution in [0.15, 0.2) is 30.3 Å². The maximum absolute atomic E-state index is 8.54. The van der Waals surface area contributed by atoms with Crippen molar-refractivity contribution in [2.24, 2.45) is 0 Å². The van der Waals surface area contributed by atoms with Gasteiger partial charge in [0.25, 0.3) is 6.47 Å². The zero-order valence-corrected chi connectivity index (χ0v) is 5.97. The fourth-order valence-electron chi connectivity index (χ4n) is 0.583. The summed E-state index contributed by atoms with van der Waals surface area (Å²) in [5, 5.41) is 15.4. The number of hydrogen-bond acceptors (Lipinski definition) is 2. The van der Waals surface area contributed by atoms with Crippen LogP contribution in [-0.2, 0) is 11.4 Å². The second-order valence-corrected chi connectivity index (χ2v) is 1.75. The number of benzene rings is 1. The van der Waals surface area contributed by atoms with E-state index >= 15 is 0 Å². The van der Waals surface area contributed by atoms with E-state index < -0.39 is 0 Å². The minimum Gasteiger partial charge on any atom is -0.483 e. The SMILES string of the molecule is O=CO.OCc1ccccc1. The average molecular weight is 154 g/mol. The molecular weight excluding hydrogens is 144 g/mol. The van der Waals surface area contributed by atoms with Gasteiger partial charge in [-0.05, 0) is 5.56 Å². The minimum absolute atomic E-state index is 0.140. The maximum Gasteiger partial charge on any atom is 0.290 e. The fraction of sp³-hybridized carbons (Fsp3) is 0.125. The van der Waals surface area contributed by atoms with E-state index in [9.17, 15) is 0 Å². The Hall–Kier alpha value is -1.35. The van der Waals surface area contributed by atoms with Gasteiger partial charge in [-0.2, -0.15) is 0 Å². The van der Waals surface area contributed by atoms with Crippen LogP contribution >= 0.6 is 0 Å². The van der Waals surface area contributed by atoms with Gasteiger partial charge >= 0.3 is 0 Å². The molecule has 0 aliphatic heterocycles. The minimum atomic E-state index is -0.250. The van der Waals surface area contributed by atoms with Crippen molar-refractivity contribution >= 4 is 6.47 Å². The summed E-state index contributed by atoms with van der Waals surface area (Å²) in [5.74, 6) is 0. The van der Waals surface area contributed by atoms with Gasteiger partial charge in [0, 0.05) is 0 Å².